The van der Waals surface area contributed by atoms with E-state index in [1.807, 2.05) is 0 Å². The normalized spacial score (nSPS) is 11.3. The van der Waals surface area contributed by atoms with Crippen LogP contribution in [0.4, 0.5) is 8.78 Å². The SMILES string of the molecule is O=C(NNS(=O)(=O)c1cccc(Cl)c1)c1c(F)ccc(Cl)c1F. The van der Waals surface area contributed by atoms with Crippen molar-refractivity contribution in [2.24, 2.45) is 0 Å². The van der Waals surface area contributed by atoms with Crippen LogP contribution in [0.5, 0.6) is 0 Å². The summed E-state index contributed by atoms with van der Waals surface area (Å²) in [4.78, 5) is 13.3. The minimum Gasteiger partial charge on any atom is -0.273 e. The number of sulfonamides is 1. The van der Waals surface area contributed by atoms with Crippen LogP contribution in [0, 0.1) is 11.6 Å². The van der Waals surface area contributed by atoms with Crippen LogP contribution in [0.15, 0.2) is 41.3 Å². The molecule has 0 bridgehead atoms. The Kier molecular flexibility index (Phi) is 5.20. The molecule has 0 saturated carbocycles. The molecular weight excluding hydrogens is 373 g/mol. The van der Waals surface area contributed by atoms with Gasteiger partial charge in [0.25, 0.3) is 15.9 Å². The second kappa shape index (κ2) is 6.79. The Morgan fingerprint density at radius 3 is 2.43 bits per heavy atom. The van der Waals surface area contributed by atoms with Crippen LogP contribution in [0.2, 0.25) is 10.0 Å². The summed E-state index contributed by atoms with van der Waals surface area (Å²) in [7, 11) is -4.17. The van der Waals surface area contributed by atoms with Gasteiger partial charge in [0.2, 0.25) is 0 Å². The number of halogens is 4. The number of nitrogens with one attached hydrogen (secondary N) is 2. The molecule has 0 fully saturated rings. The first-order chi connectivity index (χ1) is 10.7. The third-order valence-electron chi connectivity index (χ3n) is 2.68. The molecule has 0 radical (unpaired) electrons. The topological polar surface area (TPSA) is 75.3 Å². The van der Waals surface area contributed by atoms with Crippen LogP contribution in [-0.4, -0.2) is 14.3 Å². The van der Waals surface area contributed by atoms with Crippen molar-refractivity contribution < 1.29 is 22.0 Å². The summed E-state index contributed by atoms with van der Waals surface area (Å²) in [5.74, 6) is -3.83. The molecule has 23 heavy (non-hydrogen) atoms. The molecule has 0 heterocycles. The van der Waals surface area contributed by atoms with E-state index in [9.17, 15) is 22.0 Å². The predicted molar refractivity (Wildman–Crippen MR) is 80.6 cm³/mol. The summed E-state index contributed by atoms with van der Waals surface area (Å²) in [5.41, 5.74) is 0.699. The van der Waals surface area contributed by atoms with Crippen LogP contribution in [0.1, 0.15) is 10.4 Å². The molecule has 0 aliphatic carbocycles. The molecule has 10 heteroatoms. The number of carbonyl (C=O) groups is 1. The largest absolute Gasteiger partial charge is 0.273 e. The van der Waals surface area contributed by atoms with Crippen molar-refractivity contribution in [1.29, 1.82) is 0 Å². The lowest BCUT2D eigenvalue weighted by atomic mass is 10.2. The van der Waals surface area contributed by atoms with Gasteiger partial charge >= 0.3 is 0 Å². The summed E-state index contributed by atoms with van der Waals surface area (Å²) < 4.78 is 51.1. The van der Waals surface area contributed by atoms with Crippen LogP contribution < -0.4 is 10.3 Å². The van der Waals surface area contributed by atoms with E-state index in [-0.39, 0.29) is 9.92 Å². The minimum atomic E-state index is -4.17. The van der Waals surface area contributed by atoms with E-state index in [0.29, 0.717) is 0 Å². The van der Waals surface area contributed by atoms with Gasteiger partial charge in [-0.15, -0.1) is 4.83 Å². The van der Waals surface area contributed by atoms with Crippen molar-refractivity contribution in [3.8, 4) is 0 Å². The molecule has 2 aromatic carbocycles. The highest BCUT2D eigenvalue weighted by atomic mass is 35.5. The zero-order chi connectivity index (χ0) is 17.2. The van der Waals surface area contributed by atoms with Crippen LogP contribution in [0.3, 0.4) is 0 Å². The van der Waals surface area contributed by atoms with Crippen LogP contribution in [0.25, 0.3) is 0 Å². The number of benzene rings is 2. The maximum Gasteiger partial charge on any atom is 0.272 e. The monoisotopic (exact) mass is 380 g/mol. The molecule has 0 atom stereocenters. The highest BCUT2D eigenvalue weighted by Gasteiger charge is 2.22. The van der Waals surface area contributed by atoms with E-state index in [4.69, 9.17) is 23.2 Å². The highest BCUT2D eigenvalue weighted by molar-refractivity contribution is 7.89. The van der Waals surface area contributed by atoms with E-state index in [1.54, 1.807) is 10.3 Å². The summed E-state index contributed by atoms with van der Waals surface area (Å²) in [6, 6.07) is 6.91. The van der Waals surface area contributed by atoms with Crippen molar-refractivity contribution in [2.75, 3.05) is 0 Å². The molecular formula is C13H8Cl2F2N2O3S. The Labute approximate surface area is 140 Å². The van der Waals surface area contributed by atoms with Gasteiger partial charge in [0, 0.05) is 5.02 Å². The summed E-state index contributed by atoms with van der Waals surface area (Å²) in [5, 5.41) is -0.319. The maximum atomic E-state index is 13.7. The quantitative estimate of drug-likeness (QED) is 0.632. The van der Waals surface area contributed by atoms with Gasteiger partial charge in [-0.25, -0.2) is 17.2 Å². The molecule has 0 aromatic heterocycles. The second-order valence-corrected chi connectivity index (χ2v) is 6.76. The first-order valence-corrected chi connectivity index (χ1v) is 8.17. The van der Waals surface area contributed by atoms with E-state index in [2.05, 4.69) is 0 Å². The summed E-state index contributed by atoms with van der Waals surface area (Å²) >= 11 is 11.1. The van der Waals surface area contributed by atoms with Gasteiger partial charge in [-0.05, 0) is 30.3 Å². The Morgan fingerprint density at radius 1 is 1.09 bits per heavy atom. The van der Waals surface area contributed by atoms with Crippen molar-refractivity contribution in [1.82, 2.24) is 10.3 Å². The zero-order valence-electron chi connectivity index (χ0n) is 11.1. The lowest BCUT2D eigenvalue weighted by Gasteiger charge is -2.10. The molecule has 0 unspecified atom stereocenters. The van der Waals surface area contributed by atoms with Gasteiger partial charge in [-0.2, -0.15) is 0 Å². The fraction of sp³-hybridized carbons (Fsp3) is 0. The van der Waals surface area contributed by atoms with Gasteiger partial charge in [-0.3, -0.25) is 10.2 Å². The smallest absolute Gasteiger partial charge is 0.272 e. The Hall–Kier alpha value is -1.74. The number of hydrogen-bond donors (Lipinski definition) is 2. The van der Waals surface area contributed by atoms with Gasteiger partial charge in [0.05, 0.1) is 9.92 Å². The van der Waals surface area contributed by atoms with Gasteiger partial charge in [0.15, 0.2) is 5.82 Å². The lowest BCUT2D eigenvalue weighted by Crippen LogP contribution is -2.42. The summed E-state index contributed by atoms with van der Waals surface area (Å²) in [6.07, 6.45) is 0. The van der Waals surface area contributed by atoms with E-state index < -0.39 is 38.2 Å². The number of amides is 1. The molecule has 0 aliphatic heterocycles. The summed E-state index contributed by atoms with van der Waals surface area (Å²) in [6.45, 7) is 0. The molecule has 2 aromatic rings. The number of rotatable bonds is 4. The highest BCUT2D eigenvalue weighted by Crippen LogP contribution is 2.21. The Bertz CT molecular complexity index is 876. The molecule has 5 nitrogen and oxygen atoms in total. The first kappa shape index (κ1) is 17.6. The van der Waals surface area contributed by atoms with Crippen LogP contribution >= 0.6 is 23.2 Å². The van der Waals surface area contributed by atoms with Gasteiger partial charge < -0.3 is 0 Å². The van der Waals surface area contributed by atoms with Crippen molar-refractivity contribution in [2.45, 2.75) is 4.90 Å². The number of hydrazine groups is 1. The average molecular weight is 381 g/mol. The third-order valence-corrected chi connectivity index (χ3v) is 4.45. The molecule has 0 aliphatic rings. The fourth-order valence-electron chi connectivity index (χ4n) is 1.60. The lowest BCUT2D eigenvalue weighted by molar-refractivity contribution is 0.0936. The second-order valence-electron chi connectivity index (χ2n) is 4.24. The maximum absolute atomic E-state index is 13.7. The molecule has 0 spiro atoms. The van der Waals surface area contributed by atoms with E-state index in [0.717, 1.165) is 18.2 Å². The predicted octanol–water partition coefficient (Wildman–Crippen LogP) is 2.89. The van der Waals surface area contributed by atoms with Crippen LogP contribution in [-0.2, 0) is 10.0 Å². The number of hydrogen-bond acceptors (Lipinski definition) is 3. The fourth-order valence-corrected chi connectivity index (χ4v) is 2.90. The number of carbonyl (C=O) groups excluding carboxylic acids is 1. The molecule has 2 N–H and O–H groups in total. The minimum absolute atomic E-state index is 0.158. The van der Waals surface area contributed by atoms with Crippen molar-refractivity contribution >= 4 is 39.1 Å². The first-order valence-electron chi connectivity index (χ1n) is 5.93. The Balaban J connectivity index is 2.21. The molecule has 0 saturated heterocycles. The molecule has 122 valence electrons. The third kappa shape index (κ3) is 3.97. The molecule has 1 amide bonds. The van der Waals surface area contributed by atoms with Gasteiger partial charge in [-0.1, -0.05) is 29.3 Å². The van der Waals surface area contributed by atoms with E-state index >= 15 is 0 Å². The van der Waals surface area contributed by atoms with E-state index in [1.165, 1.54) is 18.2 Å². The average Bonchev–Trinajstić information content (AvgIpc) is 2.49. The zero-order valence-corrected chi connectivity index (χ0v) is 13.4. The Morgan fingerprint density at radius 2 is 1.78 bits per heavy atom. The standard InChI is InChI=1S/C13H8Cl2F2N2O3S/c14-7-2-1-3-8(6-7)23(21,22)19-18-13(20)11-10(16)5-4-9(15)12(11)17/h1-6,19H,(H,18,20). The molecule has 2 rings (SSSR count). The van der Waals surface area contributed by atoms with Gasteiger partial charge in [0.1, 0.15) is 11.4 Å². The van der Waals surface area contributed by atoms with Crippen molar-refractivity contribution in [3.63, 3.8) is 0 Å². The van der Waals surface area contributed by atoms with Crippen molar-refractivity contribution in [3.05, 3.63) is 63.6 Å².